The van der Waals surface area contributed by atoms with E-state index in [-0.39, 0.29) is 5.75 Å². The fraction of sp³-hybridized carbons (Fsp3) is 0.500. The first kappa shape index (κ1) is 18.9. The van der Waals surface area contributed by atoms with Crippen LogP contribution in [0.4, 0.5) is 0 Å². The summed E-state index contributed by atoms with van der Waals surface area (Å²) in [5.41, 5.74) is 3.74. The van der Waals surface area contributed by atoms with Crippen LogP contribution in [-0.2, 0) is 29.5 Å². The van der Waals surface area contributed by atoms with E-state index in [0.29, 0.717) is 12.2 Å². The number of hydrogen-bond donors (Lipinski definition) is 1. The Kier molecular flexibility index (Phi) is 5.36. The van der Waals surface area contributed by atoms with Gasteiger partial charge in [-0.1, -0.05) is 12.1 Å². The lowest BCUT2D eigenvalue weighted by Gasteiger charge is -2.27. The van der Waals surface area contributed by atoms with Gasteiger partial charge in [0.05, 0.1) is 30.8 Å². The van der Waals surface area contributed by atoms with Crippen LogP contribution in [0.15, 0.2) is 24.3 Å². The maximum atomic E-state index is 11.4. The summed E-state index contributed by atoms with van der Waals surface area (Å²) >= 11 is 0. The lowest BCUT2D eigenvalue weighted by Crippen LogP contribution is -2.33. The number of sulfone groups is 1. The number of methoxy groups -OCH3 is 1. The zero-order chi connectivity index (χ0) is 18.9. The molecule has 0 radical (unpaired) electrons. The number of benzene rings is 1. The highest BCUT2D eigenvalue weighted by Crippen LogP contribution is 2.23. The molecule has 142 valence electrons. The molecule has 1 aromatic heterocycles. The zero-order valence-corrected chi connectivity index (χ0v) is 16.2. The van der Waals surface area contributed by atoms with Crippen LogP contribution in [-0.4, -0.2) is 53.9 Å². The van der Waals surface area contributed by atoms with Crippen molar-refractivity contribution in [2.24, 2.45) is 0 Å². The van der Waals surface area contributed by atoms with Crippen LogP contribution in [0.2, 0.25) is 0 Å². The van der Waals surface area contributed by atoms with E-state index in [4.69, 9.17) is 4.74 Å². The molecular weight excluding hydrogens is 354 g/mol. The van der Waals surface area contributed by atoms with Crippen molar-refractivity contribution in [3.8, 4) is 5.75 Å². The Morgan fingerprint density at radius 3 is 2.73 bits per heavy atom. The van der Waals surface area contributed by atoms with E-state index in [1.807, 2.05) is 17.7 Å². The van der Waals surface area contributed by atoms with Crippen molar-refractivity contribution in [1.29, 1.82) is 0 Å². The molecule has 1 N–H and O–H groups in total. The minimum Gasteiger partial charge on any atom is -0.496 e. The molecule has 2 aromatic rings. The highest BCUT2D eigenvalue weighted by Gasteiger charge is 2.23. The van der Waals surface area contributed by atoms with Gasteiger partial charge in [-0.15, -0.1) is 0 Å². The lowest BCUT2D eigenvalue weighted by molar-refractivity contribution is 0.191. The molecule has 0 fully saturated rings. The van der Waals surface area contributed by atoms with Gasteiger partial charge in [0.2, 0.25) is 0 Å². The molecular formula is C18H25N3O4S. The topological polar surface area (TPSA) is 84.7 Å². The first-order valence-corrected chi connectivity index (χ1v) is 10.6. The van der Waals surface area contributed by atoms with Crippen molar-refractivity contribution in [1.82, 2.24) is 14.7 Å². The van der Waals surface area contributed by atoms with Crippen molar-refractivity contribution in [3.05, 3.63) is 46.8 Å². The molecule has 26 heavy (non-hydrogen) atoms. The van der Waals surface area contributed by atoms with Crippen LogP contribution < -0.4 is 4.74 Å². The number of aliphatic hydroxyl groups is 1. The second-order valence-electron chi connectivity index (χ2n) is 6.91. The minimum atomic E-state index is -3.25. The standard InChI is InChI=1S/C18H25N3O4S/c1-13-8-14(4-5-18(13)25-2)10-20-6-7-21-15(11-20)9-16(19-21)17(22)12-26(3,23)24/h4-5,8-9,17,22H,6-7,10-12H2,1-3H3. The summed E-state index contributed by atoms with van der Waals surface area (Å²) in [6.45, 7) is 5.13. The smallest absolute Gasteiger partial charge is 0.150 e. The Labute approximate surface area is 154 Å². The summed E-state index contributed by atoms with van der Waals surface area (Å²) in [4.78, 5) is 2.31. The van der Waals surface area contributed by atoms with Crippen LogP contribution in [0, 0.1) is 6.92 Å². The molecule has 3 rings (SSSR count). The van der Waals surface area contributed by atoms with E-state index in [9.17, 15) is 13.5 Å². The normalized spacial score (nSPS) is 16.3. The van der Waals surface area contributed by atoms with Crippen LogP contribution in [0.5, 0.6) is 5.75 Å². The summed E-state index contributed by atoms with van der Waals surface area (Å²) < 4.78 is 29.9. The number of hydrogen-bond acceptors (Lipinski definition) is 6. The largest absolute Gasteiger partial charge is 0.496 e. The van der Waals surface area contributed by atoms with Crippen LogP contribution >= 0.6 is 0 Å². The van der Waals surface area contributed by atoms with Gasteiger partial charge < -0.3 is 9.84 Å². The summed E-state index contributed by atoms with van der Waals surface area (Å²) in [5.74, 6) is 0.577. The molecule has 1 aliphatic heterocycles. The van der Waals surface area contributed by atoms with Crippen molar-refractivity contribution in [3.63, 3.8) is 0 Å². The highest BCUT2D eigenvalue weighted by molar-refractivity contribution is 7.90. The summed E-state index contributed by atoms with van der Waals surface area (Å²) in [6, 6.07) is 7.99. The molecule has 1 aliphatic rings. The van der Waals surface area contributed by atoms with Crippen LogP contribution in [0.1, 0.15) is 28.6 Å². The number of ether oxygens (including phenoxy) is 1. The molecule has 0 aliphatic carbocycles. The molecule has 1 aromatic carbocycles. The maximum Gasteiger partial charge on any atom is 0.150 e. The number of rotatable bonds is 6. The molecule has 0 saturated carbocycles. The molecule has 1 unspecified atom stereocenters. The van der Waals surface area contributed by atoms with E-state index in [1.54, 1.807) is 13.2 Å². The van der Waals surface area contributed by atoms with E-state index in [1.165, 1.54) is 5.56 Å². The predicted molar refractivity (Wildman–Crippen MR) is 98.7 cm³/mol. The quantitative estimate of drug-likeness (QED) is 0.814. The first-order chi connectivity index (χ1) is 12.2. The molecule has 8 heteroatoms. The maximum absolute atomic E-state index is 11.4. The molecule has 0 spiro atoms. The van der Waals surface area contributed by atoms with Crippen LogP contribution in [0.3, 0.4) is 0 Å². The van der Waals surface area contributed by atoms with Gasteiger partial charge in [-0.25, -0.2) is 8.42 Å². The minimum absolute atomic E-state index is 0.307. The monoisotopic (exact) mass is 379 g/mol. The Hall–Kier alpha value is -1.90. The number of fused-ring (bicyclic) bond motifs is 1. The zero-order valence-electron chi connectivity index (χ0n) is 15.3. The van der Waals surface area contributed by atoms with E-state index in [2.05, 4.69) is 22.1 Å². The SMILES string of the molecule is COc1ccc(CN2CCn3nc(C(O)CS(C)(=O)=O)cc3C2)cc1C. The second-order valence-corrected chi connectivity index (χ2v) is 9.09. The first-order valence-electron chi connectivity index (χ1n) is 8.53. The average molecular weight is 379 g/mol. The van der Waals surface area contributed by atoms with Gasteiger partial charge in [0.1, 0.15) is 21.7 Å². The third-order valence-electron chi connectivity index (χ3n) is 4.56. The number of aromatic nitrogens is 2. The molecule has 0 saturated heterocycles. The van der Waals surface area contributed by atoms with Crippen molar-refractivity contribution >= 4 is 9.84 Å². The molecule has 0 amide bonds. The van der Waals surface area contributed by atoms with Gasteiger partial charge in [-0.3, -0.25) is 9.58 Å². The second kappa shape index (κ2) is 7.38. The Bertz CT molecular complexity index is 892. The lowest BCUT2D eigenvalue weighted by atomic mass is 10.1. The summed E-state index contributed by atoms with van der Waals surface area (Å²) in [5, 5.41) is 14.5. The average Bonchev–Trinajstić information content (AvgIpc) is 2.97. The molecule has 1 atom stereocenters. The van der Waals surface area contributed by atoms with Gasteiger partial charge in [-0.2, -0.15) is 5.10 Å². The van der Waals surface area contributed by atoms with Gasteiger partial charge >= 0.3 is 0 Å². The predicted octanol–water partition coefficient (Wildman–Crippen LogP) is 1.29. The summed E-state index contributed by atoms with van der Waals surface area (Å²) in [6.07, 6.45) is 0.0333. The van der Waals surface area contributed by atoms with E-state index < -0.39 is 15.9 Å². The van der Waals surface area contributed by atoms with Gasteiger partial charge in [0.15, 0.2) is 0 Å². The molecule has 7 nitrogen and oxygen atoms in total. The van der Waals surface area contributed by atoms with Crippen molar-refractivity contribution in [2.45, 2.75) is 32.7 Å². The highest BCUT2D eigenvalue weighted by atomic mass is 32.2. The number of nitrogens with zero attached hydrogens (tertiary/aromatic N) is 3. The van der Waals surface area contributed by atoms with Gasteiger partial charge in [-0.05, 0) is 30.2 Å². The third kappa shape index (κ3) is 4.44. The van der Waals surface area contributed by atoms with Gasteiger partial charge in [0.25, 0.3) is 0 Å². The van der Waals surface area contributed by atoms with Gasteiger partial charge in [0, 0.05) is 25.9 Å². The Morgan fingerprint density at radius 1 is 1.31 bits per heavy atom. The van der Waals surface area contributed by atoms with Crippen molar-refractivity contribution in [2.75, 3.05) is 25.7 Å². The van der Waals surface area contributed by atoms with E-state index in [0.717, 1.165) is 42.9 Å². The number of aryl methyl sites for hydroxylation is 1. The van der Waals surface area contributed by atoms with Crippen molar-refractivity contribution < 1.29 is 18.3 Å². The molecule has 0 bridgehead atoms. The number of aliphatic hydroxyl groups excluding tert-OH is 1. The Balaban J connectivity index is 1.69. The van der Waals surface area contributed by atoms with E-state index >= 15 is 0 Å². The van der Waals surface area contributed by atoms with Crippen LogP contribution in [0.25, 0.3) is 0 Å². The fourth-order valence-electron chi connectivity index (χ4n) is 3.31. The Morgan fingerprint density at radius 2 is 2.08 bits per heavy atom. The molecule has 2 heterocycles. The summed E-state index contributed by atoms with van der Waals surface area (Å²) in [7, 11) is -1.58. The third-order valence-corrected chi connectivity index (χ3v) is 5.48. The fourth-order valence-corrected chi connectivity index (χ4v) is 4.05.